The van der Waals surface area contributed by atoms with Crippen molar-refractivity contribution >= 4 is 8.80 Å². The van der Waals surface area contributed by atoms with Crippen LogP contribution < -0.4 is 0 Å². The van der Waals surface area contributed by atoms with Gasteiger partial charge in [0, 0.05) is 14.4 Å². The van der Waals surface area contributed by atoms with Crippen LogP contribution in [0.25, 0.3) is 11.1 Å². The summed E-state index contributed by atoms with van der Waals surface area (Å²) in [7, 11) is -0.491. The number of halogens is 1. The number of benzene rings is 3. The summed E-state index contributed by atoms with van der Waals surface area (Å²) in [4.78, 5) is 0. The highest BCUT2D eigenvalue weighted by molar-refractivity contribution is 6.59. The van der Waals surface area contributed by atoms with Crippen molar-refractivity contribution in [3.63, 3.8) is 0 Å². The van der Waals surface area contributed by atoms with E-state index in [1.165, 1.54) is 54.1 Å². The molecule has 1 fully saturated rings. The van der Waals surface area contributed by atoms with Gasteiger partial charge in [-0.25, -0.2) is 4.39 Å². The van der Waals surface area contributed by atoms with Crippen LogP contribution >= 0.6 is 0 Å². The normalized spacial score (nSPS) is 18.3. The zero-order chi connectivity index (χ0) is 24.5. The number of aryl methyl sites for hydroxylation is 3. The van der Waals surface area contributed by atoms with Crippen molar-refractivity contribution in [3.8, 4) is 11.1 Å². The van der Waals surface area contributed by atoms with Crippen molar-refractivity contribution in [1.82, 2.24) is 0 Å². The molecule has 2 heteroatoms. The van der Waals surface area contributed by atoms with Gasteiger partial charge in [0.25, 0.3) is 0 Å². The van der Waals surface area contributed by atoms with Crippen LogP contribution in [0.15, 0.2) is 78.9 Å². The number of hydrogen-bond acceptors (Lipinski definition) is 0. The van der Waals surface area contributed by atoms with Crippen LogP contribution in [0.5, 0.6) is 0 Å². The Bertz CT molecular complexity index is 1070. The molecule has 0 unspecified atom stereocenters. The molecule has 0 aromatic heterocycles. The van der Waals surface area contributed by atoms with E-state index in [1.54, 1.807) is 6.07 Å². The molecule has 0 aliphatic carbocycles. The SMILES string of the molecule is C/C=C/CC[SiH]1CCC(c2ccc(CCc3ccc(-c4ccc(CCC)cc4)c(F)c3)cc2)CC1. The Morgan fingerprint density at radius 1 is 0.829 bits per heavy atom. The molecular formula is C33H41FSi. The van der Waals surface area contributed by atoms with Crippen molar-refractivity contribution in [3.05, 3.63) is 107 Å². The molecule has 1 aliphatic heterocycles. The zero-order valence-corrected chi connectivity index (χ0v) is 22.8. The molecule has 1 aliphatic rings. The predicted molar refractivity (Wildman–Crippen MR) is 153 cm³/mol. The first-order valence-electron chi connectivity index (χ1n) is 13.7. The lowest BCUT2D eigenvalue weighted by Gasteiger charge is -2.28. The molecule has 0 amide bonds. The van der Waals surface area contributed by atoms with E-state index in [0.29, 0.717) is 5.56 Å². The van der Waals surface area contributed by atoms with E-state index in [9.17, 15) is 4.39 Å². The molecule has 0 spiro atoms. The summed E-state index contributed by atoms with van der Waals surface area (Å²) in [6.45, 7) is 4.31. The van der Waals surface area contributed by atoms with Gasteiger partial charge < -0.3 is 0 Å². The van der Waals surface area contributed by atoms with Gasteiger partial charge in [-0.2, -0.15) is 0 Å². The van der Waals surface area contributed by atoms with Crippen molar-refractivity contribution in [1.29, 1.82) is 0 Å². The highest BCUT2D eigenvalue weighted by Crippen LogP contribution is 2.35. The van der Waals surface area contributed by atoms with Crippen molar-refractivity contribution in [2.45, 2.75) is 82.8 Å². The lowest BCUT2D eigenvalue weighted by molar-refractivity contribution is 0.606. The minimum atomic E-state index is -0.491. The van der Waals surface area contributed by atoms with Crippen LogP contribution in [0, 0.1) is 5.82 Å². The van der Waals surface area contributed by atoms with Crippen LogP contribution in [0.2, 0.25) is 18.1 Å². The fourth-order valence-electron chi connectivity index (χ4n) is 5.62. The van der Waals surface area contributed by atoms with E-state index in [4.69, 9.17) is 0 Å². The first-order chi connectivity index (χ1) is 17.2. The Morgan fingerprint density at radius 2 is 1.46 bits per heavy atom. The summed E-state index contributed by atoms with van der Waals surface area (Å²) >= 11 is 0. The van der Waals surface area contributed by atoms with E-state index in [0.717, 1.165) is 42.7 Å². The van der Waals surface area contributed by atoms with E-state index in [2.05, 4.69) is 68.5 Å². The van der Waals surface area contributed by atoms with Gasteiger partial charge in [-0.05, 0) is 85.3 Å². The highest BCUT2D eigenvalue weighted by atomic mass is 28.3. The third kappa shape index (κ3) is 7.27. The maximum atomic E-state index is 14.9. The van der Waals surface area contributed by atoms with E-state index in [1.807, 2.05) is 18.2 Å². The lowest BCUT2D eigenvalue weighted by atomic mass is 9.92. The summed E-state index contributed by atoms with van der Waals surface area (Å²) in [6, 6.07) is 27.9. The number of rotatable bonds is 10. The van der Waals surface area contributed by atoms with Gasteiger partial charge in [0.2, 0.25) is 0 Å². The molecule has 0 N–H and O–H groups in total. The molecule has 0 nitrogen and oxygen atoms in total. The van der Waals surface area contributed by atoms with Gasteiger partial charge in [-0.3, -0.25) is 0 Å². The highest BCUT2D eigenvalue weighted by Gasteiger charge is 2.22. The Kier molecular flexibility index (Phi) is 9.54. The minimum Gasteiger partial charge on any atom is -0.206 e. The third-order valence-corrected chi connectivity index (χ3v) is 11.3. The fourth-order valence-corrected chi connectivity index (χ4v) is 8.89. The summed E-state index contributed by atoms with van der Waals surface area (Å²) in [6.07, 6.45) is 12.6. The Morgan fingerprint density at radius 3 is 2.11 bits per heavy atom. The van der Waals surface area contributed by atoms with Crippen LogP contribution in [0.4, 0.5) is 4.39 Å². The summed E-state index contributed by atoms with van der Waals surface area (Å²) in [5.74, 6) is 0.637. The molecule has 3 aromatic rings. The van der Waals surface area contributed by atoms with Gasteiger partial charge in [-0.1, -0.05) is 104 Å². The first-order valence-corrected chi connectivity index (χ1v) is 16.2. The monoisotopic (exact) mass is 484 g/mol. The predicted octanol–water partition coefficient (Wildman–Crippen LogP) is 9.30. The van der Waals surface area contributed by atoms with E-state index < -0.39 is 8.80 Å². The molecule has 0 atom stereocenters. The standard InChI is InChI=1S/C33H41FSi/c1-3-5-6-22-35-23-20-30(21-24-35)29-15-10-27(11-16-29)8-9-28-14-19-32(33(34)25-28)31-17-12-26(7-4-2)13-18-31/h3,5,10-19,25,30,35H,4,6-9,20-24H2,1-2H3/b5-3+. The Balaban J connectivity index is 1.28. The number of allylic oxidation sites excluding steroid dienone is 2. The average molecular weight is 485 g/mol. The molecule has 4 rings (SSSR count). The quantitative estimate of drug-likeness (QED) is 0.199. The van der Waals surface area contributed by atoms with Crippen LogP contribution in [-0.4, -0.2) is 8.80 Å². The fraction of sp³-hybridized carbons (Fsp3) is 0.394. The first kappa shape index (κ1) is 25.6. The molecule has 35 heavy (non-hydrogen) atoms. The van der Waals surface area contributed by atoms with Crippen molar-refractivity contribution in [2.75, 3.05) is 0 Å². The third-order valence-electron chi connectivity index (χ3n) is 7.81. The second kappa shape index (κ2) is 13.0. The van der Waals surface area contributed by atoms with Crippen LogP contribution in [0.1, 0.15) is 67.7 Å². The van der Waals surface area contributed by atoms with E-state index >= 15 is 0 Å². The molecular weight excluding hydrogens is 443 g/mol. The molecule has 0 saturated carbocycles. The summed E-state index contributed by atoms with van der Waals surface area (Å²) in [5.41, 5.74) is 6.90. The van der Waals surface area contributed by atoms with Crippen molar-refractivity contribution < 1.29 is 4.39 Å². The smallest absolute Gasteiger partial charge is 0.131 e. The maximum absolute atomic E-state index is 14.9. The van der Waals surface area contributed by atoms with Gasteiger partial charge in [0.1, 0.15) is 5.82 Å². The van der Waals surface area contributed by atoms with Gasteiger partial charge in [0.05, 0.1) is 0 Å². The minimum absolute atomic E-state index is 0.119. The van der Waals surface area contributed by atoms with Gasteiger partial charge in [-0.15, -0.1) is 0 Å². The molecule has 0 bridgehead atoms. The van der Waals surface area contributed by atoms with Crippen molar-refractivity contribution in [2.24, 2.45) is 0 Å². The average Bonchev–Trinajstić information content (AvgIpc) is 2.89. The Labute approximate surface area is 213 Å². The number of hydrogen-bond donors (Lipinski definition) is 0. The van der Waals surface area contributed by atoms with Gasteiger partial charge >= 0.3 is 0 Å². The summed E-state index contributed by atoms with van der Waals surface area (Å²) < 4.78 is 14.9. The zero-order valence-electron chi connectivity index (χ0n) is 21.6. The summed E-state index contributed by atoms with van der Waals surface area (Å²) in [5, 5.41) is 0. The molecule has 1 saturated heterocycles. The molecule has 0 radical (unpaired) electrons. The maximum Gasteiger partial charge on any atom is 0.131 e. The second-order valence-corrected chi connectivity index (χ2v) is 13.8. The van der Waals surface area contributed by atoms with E-state index in [-0.39, 0.29) is 5.82 Å². The lowest BCUT2D eigenvalue weighted by Crippen LogP contribution is -2.20. The molecule has 184 valence electrons. The van der Waals surface area contributed by atoms with Crippen LogP contribution in [0.3, 0.4) is 0 Å². The second-order valence-electron chi connectivity index (χ2n) is 10.4. The van der Waals surface area contributed by atoms with Crippen LogP contribution in [-0.2, 0) is 19.3 Å². The van der Waals surface area contributed by atoms with Gasteiger partial charge in [0.15, 0.2) is 0 Å². The molecule has 3 aromatic carbocycles. The Hall–Kier alpha value is -2.45. The largest absolute Gasteiger partial charge is 0.206 e. The topological polar surface area (TPSA) is 0 Å². The molecule has 1 heterocycles.